The highest BCUT2D eigenvalue weighted by molar-refractivity contribution is 5.91. The lowest BCUT2D eigenvalue weighted by Crippen LogP contribution is -2.48. The summed E-state index contributed by atoms with van der Waals surface area (Å²) < 4.78 is 13.1. The molecule has 1 aromatic carbocycles. The molecule has 0 N–H and O–H groups in total. The zero-order valence-electron chi connectivity index (χ0n) is 12.6. The van der Waals surface area contributed by atoms with Crippen molar-refractivity contribution >= 4 is 17.9 Å². The molecule has 1 aliphatic rings. The zero-order valence-corrected chi connectivity index (χ0v) is 12.6. The van der Waals surface area contributed by atoms with Crippen molar-refractivity contribution in [2.75, 3.05) is 31.1 Å². The van der Waals surface area contributed by atoms with Crippen molar-refractivity contribution in [1.82, 2.24) is 14.9 Å². The van der Waals surface area contributed by atoms with E-state index in [1.807, 2.05) is 0 Å². The van der Waals surface area contributed by atoms with Crippen LogP contribution in [0.1, 0.15) is 5.56 Å². The van der Waals surface area contributed by atoms with Crippen LogP contribution in [0.15, 0.2) is 48.8 Å². The Morgan fingerprint density at radius 2 is 1.83 bits per heavy atom. The predicted octanol–water partition coefficient (Wildman–Crippen LogP) is 1.98. The Balaban J connectivity index is 1.56. The molecule has 0 bridgehead atoms. The van der Waals surface area contributed by atoms with Crippen LogP contribution in [0.4, 0.5) is 10.3 Å². The van der Waals surface area contributed by atoms with Crippen molar-refractivity contribution in [2.24, 2.45) is 0 Å². The summed E-state index contributed by atoms with van der Waals surface area (Å²) in [5, 5.41) is 0. The molecule has 2 heterocycles. The minimum atomic E-state index is -0.309. The minimum absolute atomic E-state index is 0.0668. The largest absolute Gasteiger partial charge is 0.337 e. The number of piperazine rings is 1. The van der Waals surface area contributed by atoms with E-state index < -0.39 is 0 Å². The summed E-state index contributed by atoms with van der Waals surface area (Å²) in [6, 6.07) is 7.94. The van der Waals surface area contributed by atoms with Gasteiger partial charge in [-0.25, -0.2) is 14.4 Å². The van der Waals surface area contributed by atoms with Crippen molar-refractivity contribution in [2.45, 2.75) is 0 Å². The minimum Gasteiger partial charge on any atom is -0.337 e. The van der Waals surface area contributed by atoms with Gasteiger partial charge in [0.2, 0.25) is 11.9 Å². The van der Waals surface area contributed by atoms with Gasteiger partial charge in [0.15, 0.2) is 0 Å². The van der Waals surface area contributed by atoms with Gasteiger partial charge in [-0.05, 0) is 29.8 Å². The molecule has 2 aromatic rings. The summed E-state index contributed by atoms with van der Waals surface area (Å²) in [6.45, 7) is 2.63. The number of benzene rings is 1. The van der Waals surface area contributed by atoms with Crippen LogP contribution in [-0.2, 0) is 4.79 Å². The SMILES string of the molecule is O=C(C=Cc1cccc(F)c1)N1CCN(c2ncccn2)CC1. The predicted molar refractivity (Wildman–Crippen MR) is 86.3 cm³/mol. The van der Waals surface area contributed by atoms with Gasteiger partial charge in [0.05, 0.1) is 0 Å². The maximum absolute atomic E-state index is 13.1. The Labute approximate surface area is 134 Å². The molecule has 1 aliphatic heterocycles. The van der Waals surface area contributed by atoms with Gasteiger partial charge in [-0.15, -0.1) is 0 Å². The topological polar surface area (TPSA) is 49.3 Å². The van der Waals surface area contributed by atoms with Gasteiger partial charge in [0.25, 0.3) is 0 Å². The summed E-state index contributed by atoms with van der Waals surface area (Å²) >= 11 is 0. The van der Waals surface area contributed by atoms with Gasteiger partial charge >= 0.3 is 0 Å². The highest BCUT2D eigenvalue weighted by Crippen LogP contribution is 2.11. The molecule has 0 spiro atoms. The molecule has 1 aromatic heterocycles. The first-order chi connectivity index (χ1) is 11.2. The second-order valence-electron chi connectivity index (χ2n) is 5.25. The van der Waals surface area contributed by atoms with Crippen LogP contribution in [0, 0.1) is 5.82 Å². The van der Waals surface area contributed by atoms with Crippen LogP contribution in [-0.4, -0.2) is 47.0 Å². The third-order valence-corrected chi connectivity index (χ3v) is 3.69. The van der Waals surface area contributed by atoms with E-state index in [-0.39, 0.29) is 11.7 Å². The van der Waals surface area contributed by atoms with Crippen LogP contribution in [0.5, 0.6) is 0 Å². The van der Waals surface area contributed by atoms with Crippen LogP contribution in [0.3, 0.4) is 0 Å². The number of nitrogens with zero attached hydrogens (tertiary/aromatic N) is 4. The van der Waals surface area contributed by atoms with E-state index in [1.165, 1.54) is 18.2 Å². The zero-order chi connectivity index (χ0) is 16.1. The first kappa shape index (κ1) is 15.1. The van der Waals surface area contributed by atoms with Crippen LogP contribution < -0.4 is 4.90 Å². The van der Waals surface area contributed by atoms with Gasteiger partial charge in [-0.3, -0.25) is 4.79 Å². The third kappa shape index (κ3) is 3.91. The molecule has 23 heavy (non-hydrogen) atoms. The van der Waals surface area contributed by atoms with E-state index in [1.54, 1.807) is 41.6 Å². The first-order valence-electron chi connectivity index (χ1n) is 7.47. The molecule has 1 fully saturated rings. The maximum Gasteiger partial charge on any atom is 0.246 e. The van der Waals surface area contributed by atoms with E-state index in [0.29, 0.717) is 37.7 Å². The molecule has 1 saturated heterocycles. The van der Waals surface area contributed by atoms with Gasteiger partial charge in [0.1, 0.15) is 5.82 Å². The molecule has 0 aliphatic carbocycles. The summed E-state index contributed by atoms with van der Waals surface area (Å²) in [5.74, 6) is 0.314. The number of hydrogen-bond acceptors (Lipinski definition) is 4. The standard InChI is InChI=1S/C17H17FN4O/c18-15-4-1-3-14(13-15)5-6-16(23)21-9-11-22(12-10-21)17-19-7-2-8-20-17/h1-8,13H,9-12H2. The Morgan fingerprint density at radius 1 is 1.09 bits per heavy atom. The summed E-state index contributed by atoms with van der Waals surface area (Å²) in [6.07, 6.45) is 6.55. The van der Waals surface area contributed by atoms with Crippen molar-refractivity contribution in [3.05, 3.63) is 60.2 Å². The summed E-state index contributed by atoms with van der Waals surface area (Å²) in [7, 11) is 0. The monoisotopic (exact) mass is 312 g/mol. The summed E-state index contributed by atoms with van der Waals surface area (Å²) in [4.78, 5) is 24.5. The average Bonchev–Trinajstić information content (AvgIpc) is 2.61. The lowest BCUT2D eigenvalue weighted by Gasteiger charge is -2.34. The number of halogens is 1. The molecule has 1 amide bonds. The highest BCUT2D eigenvalue weighted by atomic mass is 19.1. The normalized spacial score (nSPS) is 15.2. The van der Waals surface area contributed by atoms with E-state index in [0.717, 1.165) is 0 Å². The number of rotatable bonds is 3. The fraction of sp³-hybridized carbons (Fsp3) is 0.235. The van der Waals surface area contributed by atoms with Gasteiger partial charge < -0.3 is 9.80 Å². The van der Waals surface area contributed by atoms with Gasteiger partial charge in [0, 0.05) is 44.6 Å². The van der Waals surface area contributed by atoms with Crippen LogP contribution >= 0.6 is 0 Å². The fourth-order valence-corrected chi connectivity index (χ4v) is 2.46. The first-order valence-corrected chi connectivity index (χ1v) is 7.47. The van der Waals surface area contributed by atoms with Gasteiger partial charge in [-0.1, -0.05) is 12.1 Å². The molecule has 118 valence electrons. The third-order valence-electron chi connectivity index (χ3n) is 3.69. The number of carbonyl (C=O) groups excluding carboxylic acids is 1. The van der Waals surface area contributed by atoms with Crippen LogP contribution in [0.2, 0.25) is 0 Å². The van der Waals surface area contributed by atoms with E-state index >= 15 is 0 Å². The number of hydrogen-bond donors (Lipinski definition) is 0. The maximum atomic E-state index is 13.1. The number of carbonyl (C=O) groups is 1. The van der Waals surface area contributed by atoms with E-state index in [2.05, 4.69) is 14.9 Å². The molecule has 0 unspecified atom stereocenters. The Kier molecular flexibility index (Phi) is 4.61. The van der Waals surface area contributed by atoms with E-state index in [4.69, 9.17) is 0 Å². The van der Waals surface area contributed by atoms with Crippen molar-refractivity contribution in [3.8, 4) is 0 Å². The molecule has 6 heteroatoms. The average molecular weight is 312 g/mol. The lowest BCUT2D eigenvalue weighted by molar-refractivity contribution is -0.126. The fourth-order valence-electron chi connectivity index (χ4n) is 2.46. The number of anilines is 1. The molecule has 0 radical (unpaired) electrons. The Hall–Kier alpha value is -2.76. The lowest BCUT2D eigenvalue weighted by atomic mass is 10.2. The number of aromatic nitrogens is 2. The van der Waals surface area contributed by atoms with Crippen LogP contribution in [0.25, 0.3) is 6.08 Å². The molecule has 5 nitrogen and oxygen atoms in total. The summed E-state index contributed by atoms with van der Waals surface area (Å²) in [5.41, 5.74) is 0.676. The van der Waals surface area contributed by atoms with E-state index in [9.17, 15) is 9.18 Å². The molecular formula is C17H17FN4O. The molecule has 0 saturated carbocycles. The smallest absolute Gasteiger partial charge is 0.246 e. The molecule has 3 rings (SSSR count). The quantitative estimate of drug-likeness (QED) is 0.813. The Bertz CT molecular complexity index is 697. The van der Waals surface area contributed by atoms with Crippen molar-refractivity contribution < 1.29 is 9.18 Å². The Morgan fingerprint density at radius 3 is 2.52 bits per heavy atom. The second-order valence-corrected chi connectivity index (χ2v) is 5.25. The highest BCUT2D eigenvalue weighted by Gasteiger charge is 2.20. The van der Waals surface area contributed by atoms with Crippen molar-refractivity contribution in [1.29, 1.82) is 0 Å². The molecule has 0 atom stereocenters. The second kappa shape index (κ2) is 7.00. The molecular weight excluding hydrogens is 295 g/mol. The number of amides is 1. The van der Waals surface area contributed by atoms with Gasteiger partial charge in [-0.2, -0.15) is 0 Å². The van der Waals surface area contributed by atoms with Crippen molar-refractivity contribution in [3.63, 3.8) is 0 Å².